The van der Waals surface area contributed by atoms with Crippen LogP contribution in [-0.2, 0) is 36.9 Å². The van der Waals surface area contributed by atoms with E-state index in [4.69, 9.17) is 4.74 Å². The Morgan fingerprint density at radius 1 is 1.02 bits per heavy atom. The number of Topliss-reactive ketones (excluding diaryl/α,β-unsaturated/α-hetero) is 1. The number of hydrogen-bond donors (Lipinski definition) is 2. The lowest BCUT2D eigenvalue weighted by Gasteiger charge is -2.40. The number of piperidine rings is 1. The first-order valence-electron chi connectivity index (χ1n) is 20.3. The molecule has 1 saturated heterocycles. The number of amides is 2. The Bertz CT molecular complexity index is 1770. The molecule has 7 atom stereocenters. The molecule has 1 aromatic carbocycles. The molecule has 0 saturated carbocycles. The molecule has 4 rings (SSSR count). The summed E-state index contributed by atoms with van der Waals surface area (Å²) in [5, 5.41) is 14.6. The van der Waals surface area contributed by atoms with E-state index in [-0.39, 0.29) is 54.5 Å². The van der Waals surface area contributed by atoms with Crippen LogP contribution >= 0.6 is 11.3 Å². The molecule has 57 heavy (non-hydrogen) atoms. The highest BCUT2D eigenvalue weighted by Gasteiger charge is 2.39. The normalized spacial score (nSPS) is 17.8. The van der Waals surface area contributed by atoms with Gasteiger partial charge in [-0.1, -0.05) is 83.9 Å². The fourth-order valence-corrected chi connectivity index (χ4v) is 8.51. The van der Waals surface area contributed by atoms with E-state index in [0.717, 1.165) is 37.8 Å². The first-order valence-corrected chi connectivity index (χ1v) is 21.2. The number of carbonyl (C=O) groups excluding carboxylic acids is 4. The minimum atomic E-state index is -0.964. The standard InChI is InChI=1S/C44H61N5O7S/c1-8-29(4)35(24-39(51)37-19-13-15-21-48(37)7)43(53)49(26-32-16-10-9-11-17-32)38(28(2)3)25-40(56-31(6)50)42-47-36(27-57-42)41(52)46-34(22-30(5)44(54)55)23-33-18-12-14-20-45-33/h9-12,14,16-18,20,27-30,34-35,37-38,40H,8,13,15,19,21-26H2,1-7H3,(H,46,52)(H,54,55)/t29?,30-,34+,35?,37?,38+,40+/m0/s1. The van der Waals surface area contributed by atoms with Crippen molar-refractivity contribution in [2.24, 2.45) is 23.7 Å². The van der Waals surface area contributed by atoms with Gasteiger partial charge in [0.05, 0.1) is 12.0 Å². The maximum absolute atomic E-state index is 15.0. The summed E-state index contributed by atoms with van der Waals surface area (Å²) in [6.45, 7) is 12.2. The predicted octanol–water partition coefficient (Wildman–Crippen LogP) is 7.14. The lowest BCUT2D eigenvalue weighted by atomic mass is 9.82. The van der Waals surface area contributed by atoms with Gasteiger partial charge < -0.3 is 20.1 Å². The molecule has 0 radical (unpaired) electrons. The number of nitrogens with zero attached hydrogens (tertiary/aromatic N) is 4. The maximum Gasteiger partial charge on any atom is 0.306 e. The van der Waals surface area contributed by atoms with Crippen molar-refractivity contribution in [2.45, 2.75) is 124 Å². The van der Waals surface area contributed by atoms with E-state index in [2.05, 4.69) is 20.2 Å². The summed E-state index contributed by atoms with van der Waals surface area (Å²) in [6.07, 6.45) is 5.25. The molecule has 310 valence electrons. The predicted molar refractivity (Wildman–Crippen MR) is 220 cm³/mol. The second kappa shape index (κ2) is 21.9. The molecule has 1 fully saturated rings. The molecule has 0 spiro atoms. The molecule has 13 heteroatoms. The SMILES string of the molecule is CCC(C)C(CC(=O)C1CCCCN1C)C(=O)N(Cc1ccccc1)[C@H](C[C@@H](OC(C)=O)c1nc(C(=O)N[C@@H](Cc2ccccn2)C[C@H](C)C(=O)O)cs1)C(C)C. The molecule has 1 aliphatic rings. The van der Waals surface area contributed by atoms with Crippen molar-refractivity contribution >= 4 is 40.9 Å². The number of carboxylic acid groups (broad SMARTS) is 1. The van der Waals surface area contributed by atoms with Crippen molar-refractivity contribution in [3.8, 4) is 0 Å². The van der Waals surface area contributed by atoms with E-state index in [1.54, 1.807) is 24.6 Å². The molecular formula is C44H61N5O7S. The molecule has 3 unspecified atom stereocenters. The van der Waals surface area contributed by atoms with Gasteiger partial charge in [0.15, 0.2) is 11.9 Å². The molecule has 0 aliphatic carbocycles. The molecule has 12 nitrogen and oxygen atoms in total. The van der Waals surface area contributed by atoms with E-state index in [0.29, 0.717) is 23.7 Å². The second-order valence-corrected chi connectivity index (χ2v) is 16.9. The Morgan fingerprint density at radius 3 is 2.35 bits per heavy atom. The summed E-state index contributed by atoms with van der Waals surface area (Å²) < 4.78 is 5.92. The molecule has 2 aromatic heterocycles. The number of esters is 1. The minimum absolute atomic E-state index is 0.0503. The summed E-state index contributed by atoms with van der Waals surface area (Å²) in [5.41, 5.74) is 1.76. The summed E-state index contributed by atoms with van der Waals surface area (Å²) in [4.78, 5) is 79.9. The number of aliphatic carboxylic acids is 1. The quantitative estimate of drug-likeness (QED) is 0.106. The Labute approximate surface area is 341 Å². The van der Waals surface area contributed by atoms with Crippen molar-refractivity contribution in [3.05, 3.63) is 82.1 Å². The van der Waals surface area contributed by atoms with Gasteiger partial charge in [-0.3, -0.25) is 33.9 Å². The van der Waals surface area contributed by atoms with Gasteiger partial charge in [-0.15, -0.1) is 11.3 Å². The second-order valence-electron chi connectivity index (χ2n) is 16.0. The van der Waals surface area contributed by atoms with Crippen LogP contribution in [0.3, 0.4) is 0 Å². The van der Waals surface area contributed by atoms with Gasteiger partial charge in [0.25, 0.3) is 5.91 Å². The average Bonchev–Trinajstić information content (AvgIpc) is 3.68. The zero-order chi connectivity index (χ0) is 41.6. The zero-order valence-electron chi connectivity index (χ0n) is 34.6. The summed E-state index contributed by atoms with van der Waals surface area (Å²) in [6, 6.07) is 14.0. The number of benzene rings is 1. The highest BCUT2D eigenvalue weighted by Crippen LogP contribution is 2.34. The number of carboxylic acids is 1. The summed E-state index contributed by atoms with van der Waals surface area (Å²) in [7, 11) is 1.99. The fraction of sp³-hybridized carbons (Fsp3) is 0.568. The van der Waals surface area contributed by atoms with Crippen LogP contribution in [0, 0.1) is 23.7 Å². The van der Waals surface area contributed by atoms with E-state index >= 15 is 4.79 Å². The van der Waals surface area contributed by atoms with Crippen molar-refractivity contribution in [2.75, 3.05) is 13.6 Å². The van der Waals surface area contributed by atoms with Crippen LogP contribution in [0.1, 0.15) is 119 Å². The number of hydrogen-bond acceptors (Lipinski definition) is 10. The van der Waals surface area contributed by atoms with Gasteiger partial charge in [0.2, 0.25) is 5.91 Å². The number of nitrogens with one attached hydrogen (secondary N) is 1. The van der Waals surface area contributed by atoms with Crippen molar-refractivity contribution in [1.29, 1.82) is 0 Å². The number of rotatable bonds is 21. The summed E-state index contributed by atoms with van der Waals surface area (Å²) >= 11 is 1.19. The molecule has 3 heterocycles. The number of thiazole rings is 1. The Morgan fingerprint density at radius 2 is 1.74 bits per heavy atom. The molecular weight excluding hydrogens is 743 g/mol. The van der Waals surface area contributed by atoms with Crippen LogP contribution < -0.4 is 5.32 Å². The molecule has 2 N–H and O–H groups in total. The van der Waals surface area contributed by atoms with Crippen LogP contribution in [0.5, 0.6) is 0 Å². The first-order chi connectivity index (χ1) is 27.2. The van der Waals surface area contributed by atoms with Gasteiger partial charge in [0.1, 0.15) is 10.7 Å². The lowest BCUT2D eigenvalue weighted by Crippen LogP contribution is -2.49. The number of ketones is 1. The highest BCUT2D eigenvalue weighted by atomic mass is 32.1. The molecule has 2 amide bonds. The van der Waals surface area contributed by atoms with E-state index in [1.165, 1.54) is 18.3 Å². The van der Waals surface area contributed by atoms with Crippen molar-refractivity contribution < 1.29 is 33.8 Å². The average molecular weight is 804 g/mol. The Kier molecular flexibility index (Phi) is 17.4. The number of likely N-dealkylation sites (N-methyl/N-ethyl adjacent to an activating group) is 1. The van der Waals surface area contributed by atoms with Crippen molar-refractivity contribution in [1.82, 2.24) is 25.1 Å². The van der Waals surface area contributed by atoms with Gasteiger partial charge in [-0.05, 0) is 62.4 Å². The van der Waals surface area contributed by atoms with Crippen LogP contribution in [0.4, 0.5) is 0 Å². The third kappa shape index (κ3) is 13.3. The van der Waals surface area contributed by atoms with Crippen LogP contribution in [0.15, 0.2) is 60.1 Å². The molecule has 0 bridgehead atoms. The van der Waals surface area contributed by atoms with Gasteiger partial charge in [-0.25, -0.2) is 4.98 Å². The minimum Gasteiger partial charge on any atom is -0.481 e. The third-order valence-corrected chi connectivity index (χ3v) is 12.2. The third-order valence-electron chi connectivity index (χ3n) is 11.2. The maximum atomic E-state index is 15.0. The van der Waals surface area contributed by atoms with Gasteiger partial charge in [0, 0.05) is 68.0 Å². The smallest absolute Gasteiger partial charge is 0.306 e. The fourth-order valence-electron chi connectivity index (χ4n) is 7.67. The Balaban J connectivity index is 1.64. The van der Waals surface area contributed by atoms with Crippen LogP contribution in [-0.4, -0.2) is 86.1 Å². The number of ether oxygens (including phenoxy) is 1. The Hall–Kier alpha value is -4.49. The lowest BCUT2D eigenvalue weighted by molar-refractivity contribution is -0.150. The topological polar surface area (TPSA) is 159 Å². The summed E-state index contributed by atoms with van der Waals surface area (Å²) in [5.74, 6) is -3.35. The number of pyridine rings is 1. The molecule has 1 aliphatic heterocycles. The largest absolute Gasteiger partial charge is 0.481 e. The number of aromatic nitrogens is 2. The number of carbonyl (C=O) groups is 5. The van der Waals surface area contributed by atoms with E-state index < -0.39 is 47.9 Å². The van der Waals surface area contributed by atoms with Crippen LogP contribution in [0.25, 0.3) is 0 Å². The number of likely N-dealkylation sites (tertiary alicyclic amines) is 1. The first kappa shape index (κ1) is 45.2. The van der Waals surface area contributed by atoms with E-state index in [1.807, 2.05) is 82.1 Å². The monoisotopic (exact) mass is 803 g/mol. The van der Waals surface area contributed by atoms with Crippen molar-refractivity contribution in [3.63, 3.8) is 0 Å². The van der Waals surface area contributed by atoms with E-state index in [9.17, 15) is 24.3 Å². The molecule has 3 aromatic rings. The van der Waals surface area contributed by atoms with Gasteiger partial charge in [-0.2, -0.15) is 0 Å². The zero-order valence-corrected chi connectivity index (χ0v) is 35.4. The van der Waals surface area contributed by atoms with Crippen LogP contribution in [0.2, 0.25) is 0 Å². The highest BCUT2D eigenvalue weighted by molar-refractivity contribution is 7.09. The van der Waals surface area contributed by atoms with Gasteiger partial charge >= 0.3 is 11.9 Å².